The van der Waals surface area contributed by atoms with E-state index in [1.54, 1.807) is 16.7 Å². The summed E-state index contributed by atoms with van der Waals surface area (Å²) in [5, 5.41) is 0.643. The largest absolute Gasteiger partial charge is 0.329 e. The smallest absolute Gasteiger partial charge is 0.249 e. The molecule has 0 bridgehead atoms. The lowest BCUT2D eigenvalue weighted by molar-refractivity contribution is -0.140. The van der Waals surface area contributed by atoms with Crippen molar-refractivity contribution in [3.05, 3.63) is 64.7 Å². The molecule has 0 N–H and O–H groups in total. The standard InChI is InChI=1S/C21H23ClN2O2/c1-15-8-10-18(14-19(15)22)24-13-12-23(16(2)21(24)26)20(25)11-9-17-6-4-3-5-7-17/h3-8,10,14,16H,9,11-13H2,1-2H3. The molecule has 1 saturated heterocycles. The highest BCUT2D eigenvalue weighted by Gasteiger charge is 2.34. The fourth-order valence-electron chi connectivity index (χ4n) is 3.26. The lowest BCUT2D eigenvalue weighted by Gasteiger charge is -2.39. The third-order valence-electron chi connectivity index (χ3n) is 4.91. The predicted molar refractivity (Wildman–Crippen MR) is 104 cm³/mol. The summed E-state index contributed by atoms with van der Waals surface area (Å²) >= 11 is 6.19. The highest BCUT2D eigenvalue weighted by Crippen LogP contribution is 2.26. The summed E-state index contributed by atoms with van der Waals surface area (Å²) in [4.78, 5) is 28.8. The molecular weight excluding hydrogens is 348 g/mol. The third-order valence-corrected chi connectivity index (χ3v) is 5.32. The van der Waals surface area contributed by atoms with Crippen LogP contribution in [0.15, 0.2) is 48.5 Å². The molecule has 2 aromatic carbocycles. The van der Waals surface area contributed by atoms with Gasteiger partial charge in [0.2, 0.25) is 11.8 Å². The molecule has 1 aliphatic heterocycles. The molecule has 1 unspecified atom stereocenters. The Labute approximate surface area is 159 Å². The second kappa shape index (κ2) is 7.92. The first-order valence-corrected chi connectivity index (χ1v) is 9.26. The Morgan fingerprint density at radius 2 is 1.88 bits per heavy atom. The van der Waals surface area contributed by atoms with Crippen molar-refractivity contribution in [1.29, 1.82) is 0 Å². The second-order valence-corrected chi connectivity index (χ2v) is 7.08. The summed E-state index contributed by atoms with van der Waals surface area (Å²) < 4.78 is 0. The minimum absolute atomic E-state index is 0.0243. The van der Waals surface area contributed by atoms with Crippen LogP contribution in [0.1, 0.15) is 24.5 Å². The van der Waals surface area contributed by atoms with Crippen LogP contribution in [0.25, 0.3) is 0 Å². The van der Waals surface area contributed by atoms with E-state index in [0.29, 0.717) is 31.0 Å². The summed E-state index contributed by atoms with van der Waals surface area (Å²) in [6.07, 6.45) is 1.10. The van der Waals surface area contributed by atoms with Crippen molar-refractivity contribution in [2.24, 2.45) is 0 Å². The number of nitrogens with zero attached hydrogens (tertiary/aromatic N) is 2. The molecule has 3 rings (SSSR count). The van der Waals surface area contributed by atoms with Crippen LogP contribution in [0.2, 0.25) is 5.02 Å². The van der Waals surface area contributed by atoms with Gasteiger partial charge in [-0.1, -0.05) is 48.0 Å². The maximum atomic E-state index is 12.8. The van der Waals surface area contributed by atoms with Gasteiger partial charge >= 0.3 is 0 Å². The molecule has 0 saturated carbocycles. The zero-order valence-corrected chi connectivity index (χ0v) is 15.9. The quantitative estimate of drug-likeness (QED) is 0.820. The molecule has 1 heterocycles. The number of aryl methyl sites for hydroxylation is 2. The minimum Gasteiger partial charge on any atom is -0.329 e. The van der Waals surface area contributed by atoms with Crippen LogP contribution in [-0.4, -0.2) is 35.8 Å². The predicted octanol–water partition coefficient (Wildman–Crippen LogP) is 3.84. The van der Waals surface area contributed by atoms with Crippen LogP contribution >= 0.6 is 11.6 Å². The fraction of sp³-hybridized carbons (Fsp3) is 0.333. The number of carbonyl (C=O) groups excluding carboxylic acids is 2. The molecule has 26 heavy (non-hydrogen) atoms. The highest BCUT2D eigenvalue weighted by atomic mass is 35.5. The van der Waals surface area contributed by atoms with Gasteiger partial charge in [0.15, 0.2) is 0 Å². The molecule has 0 aromatic heterocycles. The first-order valence-electron chi connectivity index (χ1n) is 8.88. The van der Waals surface area contributed by atoms with Crippen LogP contribution in [0.5, 0.6) is 0 Å². The van der Waals surface area contributed by atoms with E-state index >= 15 is 0 Å². The van der Waals surface area contributed by atoms with Crippen molar-refractivity contribution in [3.63, 3.8) is 0 Å². The SMILES string of the molecule is Cc1ccc(N2CCN(C(=O)CCc3ccccc3)C(C)C2=O)cc1Cl. The molecule has 2 aromatic rings. The Morgan fingerprint density at radius 1 is 1.15 bits per heavy atom. The van der Waals surface area contributed by atoms with E-state index in [-0.39, 0.29) is 11.8 Å². The molecule has 1 atom stereocenters. The van der Waals surface area contributed by atoms with E-state index < -0.39 is 6.04 Å². The van der Waals surface area contributed by atoms with Crippen LogP contribution in [0.4, 0.5) is 5.69 Å². The lowest BCUT2D eigenvalue weighted by Crippen LogP contribution is -2.57. The monoisotopic (exact) mass is 370 g/mol. The molecule has 0 aliphatic carbocycles. The zero-order valence-electron chi connectivity index (χ0n) is 15.1. The average Bonchev–Trinajstić information content (AvgIpc) is 2.65. The lowest BCUT2D eigenvalue weighted by atomic mass is 10.1. The Kier molecular flexibility index (Phi) is 5.62. The van der Waals surface area contributed by atoms with Gasteiger partial charge in [0, 0.05) is 30.2 Å². The molecule has 4 nitrogen and oxygen atoms in total. The third kappa shape index (κ3) is 3.91. The molecule has 136 valence electrons. The Hall–Kier alpha value is -2.33. The maximum absolute atomic E-state index is 12.8. The number of rotatable bonds is 4. The number of anilines is 1. The number of benzene rings is 2. The number of amides is 2. The highest BCUT2D eigenvalue weighted by molar-refractivity contribution is 6.31. The van der Waals surface area contributed by atoms with Crippen LogP contribution in [0.3, 0.4) is 0 Å². The van der Waals surface area contributed by atoms with Gasteiger partial charge in [-0.2, -0.15) is 0 Å². The summed E-state index contributed by atoms with van der Waals surface area (Å²) in [6.45, 7) is 4.75. The average molecular weight is 371 g/mol. The number of hydrogen-bond donors (Lipinski definition) is 0. The molecule has 0 radical (unpaired) electrons. The van der Waals surface area contributed by atoms with Gasteiger partial charge in [0.1, 0.15) is 6.04 Å². The van der Waals surface area contributed by atoms with Crippen LogP contribution in [-0.2, 0) is 16.0 Å². The second-order valence-electron chi connectivity index (χ2n) is 6.67. The van der Waals surface area contributed by atoms with E-state index in [4.69, 9.17) is 11.6 Å². The van der Waals surface area contributed by atoms with E-state index in [2.05, 4.69) is 0 Å². The number of carbonyl (C=O) groups is 2. The van der Waals surface area contributed by atoms with E-state index in [0.717, 1.165) is 16.8 Å². The van der Waals surface area contributed by atoms with Crippen LogP contribution < -0.4 is 4.90 Å². The van der Waals surface area contributed by atoms with Crippen molar-refractivity contribution < 1.29 is 9.59 Å². The first kappa shape index (κ1) is 18.5. The molecule has 1 aliphatic rings. The summed E-state index contributed by atoms with van der Waals surface area (Å²) in [7, 11) is 0. The maximum Gasteiger partial charge on any atom is 0.249 e. The van der Waals surface area contributed by atoms with Gasteiger partial charge in [-0.05, 0) is 43.5 Å². The van der Waals surface area contributed by atoms with Gasteiger partial charge in [0.25, 0.3) is 0 Å². The molecule has 2 amide bonds. The van der Waals surface area contributed by atoms with Crippen molar-refractivity contribution in [1.82, 2.24) is 4.90 Å². The van der Waals surface area contributed by atoms with Crippen molar-refractivity contribution in [2.75, 3.05) is 18.0 Å². The van der Waals surface area contributed by atoms with Gasteiger partial charge in [-0.25, -0.2) is 0 Å². The van der Waals surface area contributed by atoms with Crippen molar-refractivity contribution in [3.8, 4) is 0 Å². The Balaban J connectivity index is 1.65. The number of hydrogen-bond acceptors (Lipinski definition) is 2. The minimum atomic E-state index is -0.466. The summed E-state index contributed by atoms with van der Waals surface area (Å²) in [5.41, 5.74) is 2.90. The van der Waals surface area contributed by atoms with Gasteiger partial charge in [-0.3, -0.25) is 9.59 Å². The molecular formula is C21H23ClN2O2. The zero-order chi connectivity index (χ0) is 18.7. The van der Waals surface area contributed by atoms with Gasteiger partial charge in [0.05, 0.1) is 0 Å². The van der Waals surface area contributed by atoms with Crippen LogP contribution in [0, 0.1) is 6.92 Å². The Bertz CT molecular complexity index is 807. The van der Waals surface area contributed by atoms with E-state index in [9.17, 15) is 9.59 Å². The van der Waals surface area contributed by atoms with Gasteiger partial charge < -0.3 is 9.80 Å². The van der Waals surface area contributed by atoms with Crippen molar-refractivity contribution in [2.45, 2.75) is 32.7 Å². The normalized spacial score (nSPS) is 17.5. The molecule has 1 fully saturated rings. The first-order chi connectivity index (χ1) is 12.5. The number of halogens is 1. The van der Waals surface area contributed by atoms with E-state index in [1.165, 1.54) is 0 Å². The summed E-state index contributed by atoms with van der Waals surface area (Å²) in [5.74, 6) is -0.0412. The molecule has 0 spiro atoms. The fourth-order valence-corrected chi connectivity index (χ4v) is 3.43. The topological polar surface area (TPSA) is 40.6 Å². The van der Waals surface area contributed by atoms with E-state index in [1.807, 2.05) is 55.5 Å². The van der Waals surface area contributed by atoms with Gasteiger partial charge in [-0.15, -0.1) is 0 Å². The molecule has 5 heteroatoms. The van der Waals surface area contributed by atoms with Crippen molar-refractivity contribution >= 4 is 29.1 Å². The summed E-state index contributed by atoms with van der Waals surface area (Å²) in [6, 6.07) is 15.1. The Morgan fingerprint density at radius 3 is 2.58 bits per heavy atom. The number of piperazine rings is 1.